The van der Waals surface area contributed by atoms with Crippen molar-refractivity contribution >= 4 is 35.0 Å². The minimum atomic E-state index is -3.10. The molecule has 1 saturated heterocycles. The average molecular weight is 417 g/mol. The van der Waals surface area contributed by atoms with Crippen molar-refractivity contribution in [3.8, 4) is 0 Å². The van der Waals surface area contributed by atoms with Crippen LogP contribution in [0.3, 0.4) is 0 Å². The Morgan fingerprint density at radius 2 is 0.958 bits per heavy atom. The smallest absolute Gasteiger partial charge is 0.395 e. The zero-order chi connectivity index (χ0) is 18.5. The minimum absolute atomic E-state index is 0.208. The van der Waals surface area contributed by atoms with Crippen molar-refractivity contribution < 1.29 is 34.8 Å². The zero-order valence-electron chi connectivity index (χ0n) is 15.8. The van der Waals surface area contributed by atoms with Crippen molar-refractivity contribution in [2.45, 2.75) is 51.9 Å². The first-order valence-corrected chi connectivity index (χ1v) is 16.4. The van der Waals surface area contributed by atoms with Gasteiger partial charge in [0.1, 0.15) is 0 Å². The van der Waals surface area contributed by atoms with E-state index in [2.05, 4.69) is 0 Å². The highest BCUT2D eigenvalue weighted by Gasteiger charge is 2.64. The Labute approximate surface area is 149 Å². The monoisotopic (exact) mass is 416 g/mol. The molecule has 0 aromatic carbocycles. The third-order valence-electron chi connectivity index (χ3n) is 4.32. The quantitative estimate of drug-likeness (QED) is 0.600. The van der Waals surface area contributed by atoms with Crippen LogP contribution in [0.15, 0.2) is 0 Å². The number of rotatable bonds is 8. The molecule has 0 radical (unpaired) electrons. The molecule has 0 spiro atoms. The van der Waals surface area contributed by atoms with E-state index in [9.17, 15) is 5.11 Å². The molecule has 1 aliphatic rings. The molecule has 0 aromatic rings. The molecular weight excluding hydrogens is 384 g/mol. The molecular formula is C12H32O8Si4. The molecule has 0 saturated carbocycles. The zero-order valence-corrected chi connectivity index (χ0v) is 19.8. The predicted molar refractivity (Wildman–Crippen MR) is 97.4 cm³/mol. The van der Waals surface area contributed by atoms with Crippen molar-refractivity contribution in [1.29, 1.82) is 0 Å². The fraction of sp³-hybridized carbons (Fsp3) is 1.00. The summed E-state index contributed by atoms with van der Waals surface area (Å²) in [4.78, 5) is 0. The van der Waals surface area contributed by atoms with E-state index < -0.39 is 35.0 Å². The van der Waals surface area contributed by atoms with E-state index in [1.165, 1.54) is 0 Å². The molecule has 1 aliphatic heterocycles. The molecule has 1 N–H and O–H groups in total. The molecule has 0 amide bonds. The number of aliphatic hydroxyl groups is 1. The van der Waals surface area contributed by atoms with Gasteiger partial charge in [0.15, 0.2) is 0 Å². The molecule has 1 heterocycles. The Bertz CT molecular complexity index is 295. The normalized spacial score (nSPS) is 41.0. The second kappa shape index (κ2) is 8.96. The number of aliphatic hydroxyl groups excluding tert-OH is 1. The summed E-state index contributed by atoms with van der Waals surface area (Å²) < 4.78 is 42.6. The van der Waals surface area contributed by atoms with E-state index in [0.29, 0.717) is 24.2 Å². The van der Waals surface area contributed by atoms with Crippen LogP contribution < -0.4 is 0 Å². The molecule has 1 rings (SSSR count). The van der Waals surface area contributed by atoms with E-state index in [0.717, 1.165) is 0 Å². The van der Waals surface area contributed by atoms with Gasteiger partial charge in [-0.3, -0.25) is 0 Å². The molecule has 2 atom stereocenters. The summed E-state index contributed by atoms with van der Waals surface area (Å²) in [5.74, 6) is 0. The summed E-state index contributed by atoms with van der Waals surface area (Å²) in [6, 6.07) is 2.17. The maximum absolute atomic E-state index is 10.1. The lowest BCUT2D eigenvalue weighted by molar-refractivity contribution is 0.0587. The second-order valence-electron chi connectivity index (χ2n) is 5.55. The summed E-state index contributed by atoms with van der Waals surface area (Å²) in [6.45, 7) is 7.76. The third kappa shape index (κ3) is 4.44. The van der Waals surface area contributed by atoms with Crippen molar-refractivity contribution in [3.63, 3.8) is 0 Å². The number of hydrogen-bond donors (Lipinski definition) is 1. The highest BCUT2D eigenvalue weighted by Crippen LogP contribution is 2.37. The maximum atomic E-state index is 10.1. The Balaban J connectivity index is 3.45. The topological polar surface area (TPSA) is 84.8 Å². The Hall–Kier alpha value is 0.548. The first-order valence-electron chi connectivity index (χ1n) is 8.38. The number of hydrogen-bond acceptors (Lipinski definition) is 8. The fourth-order valence-electron chi connectivity index (χ4n) is 2.56. The average Bonchev–Trinajstić information content (AvgIpc) is 2.63. The van der Waals surface area contributed by atoms with Crippen LogP contribution in [0.1, 0.15) is 27.7 Å². The van der Waals surface area contributed by atoms with Crippen molar-refractivity contribution in [3.05, 3.63) is 0 Å². The van der Waals surface area contributed by atoms with E-state index in [1.807, 2.05) is 27.7 Å². The van der Waals surface area contributed by atoms with E-state index >= 15 is 0 Å². The van der Waals surface area contributed by atoms with Crippen molar-refractivity contribution in [2.75, 3.05) is 27.6 Å². The van der Waals surface area contributed by atoms with Gasteiger partial charge in [-0.05, 0) is 6.04 Å². The molecule has 8 nitrogen and oxygen atoms in total. The lowest BCUT2D eigenvalue weighted by Gasteiger charge is -2.49. The first kappa shape index (κ1) is 22.6. The van der Waals surface area contributed by atoms with Crippen LogP contribution in [-0.2, 0) is 29.7 Å². The Morgan fingerprint density at radius 1 is 0.625 bits per heavy atom. The summed E-state index contributed by atoms with van der Waals surface area (Å²) in [5, 5.41) is 10.1. The van der Waals surface area contributed by atoms with Crippen LogP contribution in [0.4, 0.5) is 0 Å². The second-order valence-corrected chi connectivity index (χ2v) is 19.1. The maximum Gasteiger partial charge on any atom is 0.485 e. The largest absolute Gasteiger partial charge is 0.485 e. The van der Waals surface area contributed by atoms with Gasteiger partial charge < -0.3 is 34.8 Å². The van der Waals surface area contributed by atoms with Gasteiger partial charge >= 0.3 is 35.0 Å². The van der Waals surface area contributed by atoms with Gasteiger partial charge in [-0.25, -0.2) is 0 Å². The van der Waals surface area contributed by atoms with E-state index in [-0.39, 0.29) is 6.23 Å². The predicted octanol–water partition coefficient (Wildman–Crippen LogP) is 1.88. The fourth-order valence-corrected chi connectivity index (χ4v) is 21.3. The Kier molecular flexibility index (Phi) is 8.44. The van der Waals surface area contributed by atoms with Crippen molar-refractivity contribution in [1.82, 2.24) is 0 Å². The summed E-state index contributed by atoms with van der Waals surface area (Å²) >= 11 is 0. The summed E-state index contributed by atoms with van der Waals surface area (Å²) in [7, 11) is -7.60. The summed E-state index contributed by atoms with van der Waals surface area (Å²) in [6.07, 6.45) is -0.208. The van der Waals surface area contributed by atoms with Crippen molar-refractivity contribution in [2.24, 2.45) is 0 Å². The van der Waals surface area contributed by atoms with Crippen LogP contribution in [0.2, 0.25) is 24.2 Å². The molecule has 0 bridgehead atoms. The van der Waals surface area contributed by atoms with E-state index in [1.54, 1.807) is 21.3 Å². The highest BCUT2D eigenvalue weighted by molar-refractivity contribution is 6.90. The molecule has 12 heteroatoms. The summed E-state index contributed by atoms with van der Waals surface area (Å²) in [5.41, 5.74) is 0. The molecule has 0 aliphatic carbocycles. The van der Waals surface area contributed by atoms with Crippen LogP contribution in [-0.4, -0.2) is 67.6 Å². The highest BCUT2D eigenvalue weighted by atomic mass is 28.5. The van der Waals surface area contributed by atoms with Crippen LogP contribution >= 0.6 is 0 Å². The Morgan fingerprint density at radius 3 is 1.17 bits per heavy atom. The van der Waals surface area contributed by atoms with Gasteiger partial charge in [-0.15, -0.1) is 0 Å². The van der Waals surface area contributed by atoms with Gasteiger partial charge in [0, 0.05) is 39.5 Å². The van der Waals surface area contributed by atoms with E-state index in [4.69, 9.17) is 29.7 Å². The van der Waals surface area contributed by atoms with Crippen LogP contribution in [0.25, 0.3) is 0 Å². The van der Waals surface area contributed by atoms with Crippen LogP contribution in [0.5, 0.6) is 0 Å². The lowest BCUT2D eigenvalue weighted by atomic mass is 11.0. The molecule has 144 valence electrons. The van der Waals surface area contributed by atoms with Crippen LogP contribution in [0, 0.1) is 0 Å². The third-order valence-corrected chi connectivity index (χ3v) is 20.8. The van der Waals surface area contributed by atoms with Gasteiger partial charge in [-0.2, -0.15) is 0 Å². The minimum Gasteiger partial charge on any atom is -0.395 e. The lowest BCUT2D eigenvalue weighted by Crippen LogP contribution is -2.72. The molecule has 1 fully saturated rings. The molecule has 24 heavy (non-hydrogen) atoms. The van der Waals surface area contributed by atoms with Gasteiger partial charge in [-0.1, -0.05) is 27.7 Å². The van der Waals surface area contributed by atoms with Gasteiger partial charge in [0.05, 0.1) is 6.23 Å². The first-order chi connectivity index (χ1) is 11.3. The SMILES string of the molecule is CC[Si]1(CO)O[Si](CC)(OC)O[Si](CC)(OC)O[Si](CC)(OC)O1. The molecule has 2 unspecified atom stereocenters. The molecule has 0 aromatic heterocycles. The van der Waals surface area contributed by atoms with Gasteiger partial charge in [0.2, 0.25) is 0 Å². The standard InChI is InChI=1S/C12H32O8Si4/c1-8-21(12-13)17-22(9-2,14-5)19-24(11-4,16-7)20-23(10-3,15-6)18-21/h13H,8-12H2,1-7H3. The van der Waals surface area contributed by atoms with Gasteiger partial charge in [0.25, 0.3) is 0 Å².